The first-order valence-corrected chi connectivity index (χ1v) is 8.79. The van der Waals surface area contributed by atoms with Crippen LogP contribution in [0.4, 0.5) is 0 Å². The minimum atomic E-state index is -1.08. The third-order valence-corrected chi connectivity index (χ3v) is 4.87. The number of ether oxygens (including phenoxy) is 2. The molecule has 26 heavy (non-hydrogen) atoms. The van der Waals surface area contributed by atoms with E-state index in [1.165, 1.54) is 0 Å². The van der Waals surface area contributed by atoms with Crippen molar-refractivity contribution in [2.45, 2.75) is 33.6 Å². The first kappa shape index (κ1) is 19.8. The maximum absolute atomic E-state index is 12.8. The fourth-order valence-corrected chi connectivity index (χ4v) is 3.55. The number of hydrogen-bond acceptors (Lipinski definition) is 6. The van der Waals surface area contributed by atoms with Crippen molar-refractivity contribution in [1.29, 1.82) is 0 Å². The van der Waals surface area contributed by atoms with Crippen molar-refractivity contribution in [3.8, 4) is 0 Å². The maximum Gasteiger partial charge on any atom is 0.315 e. The summed E-state index contributed by atoms with van der Waals surface area (Å²) in [4.78, 5) is 41.5. The smallest absolute Gasteiger partial charge is 0.315 e. The Hall–Kier alpha value is -2.50. The third kappa shape index (κ3) is 3.54. The summed E-state index contributed by atoms with van der Waals surface area (Å²) >= 11 is 0. The second-order valence-electron chi connectivity index (χ2n) is 6.55. The lowest BCUT2D eigenvalue weighted by Crippen LogP contribution is -2.49. The average molecular weight is 359 g/mol. The number of aldehydes is 1. The fourth-order valence-electron chi connectivity index (χ4n) is 3.55. The molecule has 0 amide bonds. The van der Waals surface area contributed by atoms with E-state index in [9.17, 15) is 14.4 Å². The predicted molar refractivity (Wildman–Crippen MR) is 97.4 cm³/mol. The minimum absolute atomic E-state index is 0.186. The van der Waals surface area contributed by atoms with Gasteiger partial charge in [-0.3, -0.25) is 19.4 Å². The Labute approximate surface area is 153 Å². The quantitative estimate of drug-likeness (QED) is 0.576. The molecule has 0 N–H and O–H groups in total. The molecule has 0 bridgehead atoms. The van der Waals surface area contributed by atoms with Crippen molar-refractivity contribution >= 4 is 23.9 Å². The molecular formula is C20H25NO5. The molecule has 1 aliphatic rings. The Morgan fingerprint density at radius 3 is 2.50 bits per heavy atom. The Bertz CT molecular complexity index is 727. The summed E-state index contributed by atoms with van der Waals surface area (Å²) in [6.45, 7) is 7.58. The maximum atomic E-state index is 12.8. The summed E-state index contributed by atoms with van der Waals surface area (Å²) in [5, 5.41) is 0. The molecule has 0 spiro atoms. The predicted octanol–water partition coefficient (Wildman–Crippen LogP) is 2.81. The van der Waals surface area contributed by atoms with Crippen LogP contribution in [0.2, 0.25) is 0 Å². The second kappa shape index (κ2) is 8.25. The highest BCUT2D eigenvalue weighted by Crippen LogP contribution is 2.47. The van der Waals surface area contributed by atoms with Gasteiger partial charge in [0.1, 0.15) is 12.2 Å². The van der Waals surface area contributed by atoms with E-state index in [-0.39, 0.29) is 19.8 Å². The van der Waals surface area contributed by atoms with E-state index in [1.807, 2.05) is 0 Å². The van der Waals surface area contributed by atoms with Crippen LogP contribution in [0.15, 0.2) is 29.3 Å². The summed E-state index contributed by atoms with van der Waals surface area (Å²) in [7, 11) is 0. The van der Waals surface area contributed by atoms with Gasteiger partial charge in [-0.1, -0.05) is 24.3 Å². The Morgan fingerprint density at radius 2 is 1.88 bits per heavy atom. The van der Waals surface area contributed by atoms with Crippen LogP contribution in [0.3, 0.4) is 0 Å². The van der Waals surface area contributed by atoms with Gasteiger partial charge in [-0.15, -0.1) is 0 Å². The lowest BCUT2D eigenvalue weighted by Gasteiger charge is -2.42. The van der Waals surface area contributed by atoms with Crippen LogP contribution in [-0.2, 0) is 19.1 Å². The molecule has 6 nitrogen and oxygen atoms in total. The van der Waals surface area contributed by atoms with Gasteiger partial charge in [0.2, 0.25) is 0 Å². The van der Waals surface area contributed by atoms with Gasteiger partial charge in [0, 0.05) is 17.2 Å². The minimum Gasteiger partial charge on any atom is -0.466 e. The Morgan fingerprint density at radius 1 is 1.23 bits per heavy atom. The largest absolute Gasteiger partial charge is 0.466 e. The van der Waals surface area contributed by atoms with Crippen LogP contribution in [0, 0.1) is 11.3 Å². The van der Waals surface area contributed by atoms with E-state index in [1.54, 1.807) is 52.0 Å². The van der Waals surface area contributed by atoms with Gasteiger partial charge in [-0.25, -0.2) is 0 Å². The highest BCUT2D eigenvalue weighted by molar-refractivity contribution is 6.04. The van der Waals surface area contributed by atoms with Crippen molar-refractivity contribution in [3.05, 3.63) is 35.4 Å². The zero-order chi connectivity index (χ0) is 19.3. The highest BCUT2D eigenvalue weighted by Gasteiger charge is 2.53. The topological polar surface area (TPSA) is 82.0 Å². The third-order valence-electron chi connectivity index (χ3n) is 4.87. The zero-order valence-electron chi connectivity index (χ0n) is 15.7. The molecule has 3 unspecified atom stereocenters. The zero-order valence-corrected chi connectivity index (χ0v) is 15.7. The summed E-state index contributed by atoms with van der Waals surface area (Å²) in [5.41, 5.74) is 0.588. The van der Waals surface area contributed by atoms with Crippen LogP contribution in [0.5, 0.6) is 0 Å². The van der Waals surface area contributed by atoms with Crippen molar-refractivity contribution in [2.75, 3.05) is 19.8 Å². The molecule has 0 aromatic heterocycles. The monoisotopic (exact) mass is 359 g/mol. The number of hydrogen-bond donors (Lipinski definition) is 0. The molecule has 0 saturated heterocycles. The molecule has 0 fully saturated rings. The first-order chi connectivity index (χ1) is 12.4. The highest BCUT2D eigenvalue weighted by atomic mass is 16.5. The normalized spacial score (nSPS) is 25.2. The van der Waals surface area contributed by atoms with Crippen LogP contribution in [0.25, 0.3) is 0 Å². The molecule has 1 heterocycles. The average Bonchev–Trinajstić information content (AvgIpc) is 2.63. The van der Waals surface area contributed by atoms with Crippen LogP contribution >= 0.6 is 0 Å². The van der Waals surface area contributed by atoms with E-state index in [2.05, 4.69) is 4.99 Å². The summed E-state index contributed by atoms with van der Waals surface area (Å²) in [6, 6.07) is 6.99. The van der Waals surface area contributed by atoms with E-state index in [0.717, 1.165) is 6.29 Å². The van der Waals surface area contributed by atoms with Crippen molar-refractivity contribution < 1.29 is 23.9 Å². The number of rotatable bonds is 6. The summed E-state index contributed by atoms with van der Waals surface area (Å²) in [6.07, 6.45) is 0.740. The molecule has 0 aliphatic carbocycles. The molecule has 6 heteroatoms. The molecule has 1 aliphatic heterocycles. The second-order valence-corrected chi connectivity index (χ2v) is 6.55. The van der Waals surface area contributed by atoms with Gasteiger partial charge < -0.3 is 9.47 Å². The van der Waals surface area contributed by atoms with Gasteiger partial charge in [-0.2, -0.15) is 0 Å². The first-order valence-electron chi connectivity index (χ1n) is 8.79. The van der Waals surface area contributed by atoms with Gasteiger partial charge in [0.15, 0.2) is 0 Å². The standard InChI is InChI=1S/C20H25NO5/c1-5-25-18(23)16-13(3)21-12-20(4,19(24)26-6-2)17(16)15-10-8-7-9-14(15)11-22/h7-11,16-17H,5-6,12H2,1-4H3. The van der Waals surface area contributed by atoms with Gasteiger partial charge >= 0.3 is 11.9 Å². The number of benzene rings is 1. The van der Waals surface area contributed by atoms with Crippen LogP contribution < -0.4 is 0 Å². The van der Waals surface area contributed by atoms with Crippen LogP contribution in [-0.4, -0.2) is 43.7 Å². The van der Waals surface area contributed by atoms with E-state index in [0.29, 0.717) is 16.8 Å². The van der Waals surface area contributed by atoms with Crippen molar-refractivity contribution in [2.24, 2.45) is 16.3 Å². The molecule has 0 radical (unpaired) electrons. The van der Waals surface area contributed by atoms with Crippen molar-refractivity contribution in [1.82, 2.24) is 0 Å². The molecule has 3 atom stereocenters. The lowest BCUT2D eigenvalue weighted by molar-refractivity contribution is -0.158. The molecule has 1 aromatic rings. The number of nitrogens with zero attached hydrogens (tertiary/aromatic N) is 1. The molecule has 2 rings (SSSR count). The molecule has 140 valence electrons. The molecule has 1 aromatic carbocycles. The van der Waals surface area contributed by atoms with E-state index < -0.39 is 29.2 Å². The summed E-state index contributed by atoms with van der Waals surface area (Å²) in [5.74, 6) is -2.23. The SMILES string of the molecule is CCOC(=O)C1C(C)=NCC(C)(C(=O)OCC)C1c1ccccc1C=O. The number of esters is 2. The molecular weight excluding hydrogens is 334 g/mol. The van der Waals surface area contributed by atoms with Gasteiger partial charge in [-0.05, 0) is 33.3 Å². The van der Waals surface area contributed by atoms with Crippen LogP contribution in [0.1, 0.15) is 49.5 Å². The van der Waals surface area contributed by atoms with Crippen molar-refractivity contribution in [3.63, 3.8) is 0 Å². The van der Waals surface area contributed by atoms with Gasteiger partial charge in [0.25, 0.3) is 0 Å². The number of carbonyl (C=O) groups is 3. The van der Waals surface area contributed by atoms with E-state index >= 15 is 0 Å². The van der Waals surface area contributed by atoms with E-state index in [4.69, 9.17) is 9.47 Å². The summed E-state index contributed by atoms with van der Waals surface area (Å²) < 4.78 is 10.5. The number of aliphatic imine (C=N–C) groups is 1. The number of carbonyl (C=O) groups excluding carboxylic acids is 3. The Kier molecular flexibility index (Phi) is 6.29. The fraction of sp³-hybridized carbons (Fsp3) is 0.500. The van der Waals surface area contributed by atoms with Gasteiger partial charge in [0.05, 0.1) is 25.2 Å². The Balaban J connectivity index is 2.67. The lowest BCUT2D eigenvalue weighted by atomic mass is 9.63. The molecule has 0 saturated carbocycles.